The molecular weight excluding hydrogens is 167 g/mol. The van der Waals surface area contributed by atoms with E-state index in [1.165, 1.54) is 0 Å². The molecule has 0 aromatic rings. The molecule has 0 amide bonds. The maximum atomic E-state index is 11.1. The molecule has 0 aromatic heterocycles. The second kappa shape index (κ2) is 6.85. The van der Waals surface area contributed by atoms with E-state index < -0.39 is 19.0 Å². The summed E-state index contributed by atoms with van der Waals surface area (Å²) < 4.78 is 25.9. The zero-order valence-electron chi connectivity index (χ0n) is 5.05. The van der Waals surface area contributed by atoms with E-state index >= 15 is 0 Å². The monoisotopic (exact) mass is 175 g/mol. The summed E-state index contributed by atoms with van der Waals surface area (Å²) in [5, 5.41) is 0. The third-order valence-electron chi connectivity index (χ3n) is 0.598. The van der Waals surface area contributed by atoms with Gasteiger partial charge in [-0.3, -0.25) is 4.79 Å². The number of hydrogen-bond acceptors (Lipinski definition) is 3. The number of hydrogen-bond donors (Lipinski definition) is 1. The predicted molar refractivity (Wildman–Crippen MR) is 33.3 cm³/mol. The number of ketones is 1. The summed E-state index contributed by atoms with van der Waals surface area (Å²) in [6.45, 7) is -3.75. The molecule has 0 bridgehead atoms. The largest absolute Gasteiger partial charge is 0.345 e. The number of Topliss-reactive ketones (excluding diaryl/α,β-unsaturated/α-hetero) is 1. The molecule has 0 atom stereocenters. The Morgan fingerprint density at radius 3 is 2.40 bits per heavy atom. The van der Waals surface area contributed by atoms with Crippen LogP contribution in [0.5, 0.6) is 0 Å². The summed E-state index contributed by atoms with van der Waals surface area (Å²) in [5.41, 5.74) is 4.78. The minimum Gasteiger partial charge on any atom is -0.324 e. The molecule has 0 aromatic carbocycles. The lowest BCUT2D eigenvalue weighted by Crippen LogP contribution is -2.20. The van der Waals surface area contributed by atoms with Crippen molar-refractivity contribution < 1.29 is 18.3 Å². The Morgan fingerprint density at radius 1 is 1.60 bits per heavy atom. The zero-order valence-corrected chi connectivity index (χ0v) is 5.87. The standard InChI is InChI=1S/C4H7F2NO2.ClH/c5-4(6)9-2-3(8)1-7;/h4H,1-2,7H2;1H. The Balaban J connectivity index is 0. The zero-order chi connectivity index (χ0) is 7.28. The van der Waals surface area contributed by atoms with Gasteiger partial charge in [0.2, 0.25) is 0 Å². The molecule has 0 rings (SSSR count). The molecule has 6 heteroatoms. The molecule has 62 valence electrons. The van der Waals surface area contributed by atoms with Crippen LogP contribution in [0.2, 0.25) is 0 Å². The normalized spacial score (nSPS) is 9.20. The van der Waals surface area contributed by atoms with Crippen molar-refractivity contribution in [3.8, 4) is 0 Å². The van der Waals surface area contributed by atoms with E-state index in [2.05, 4.69) is 4.74 Å². The molecule has 0 unspecified atom stereocenters. The molecule has 0 saturated heterocycles. The SMILES string of the molecule is Cl.NCC(=O)COC(F)F. The van der Waals surface area contributed by atoms with Crippen LogP contribution in [0.15, 0.2) is 0 Å². The van der Waals surface area contributed by atoms with Gasteiger partial charge in [-0.25, -0.2) is 0 Å². The van der Waals surface area contributed by atoms with E-state index in [0.29, 0.717) is 0 Å². The molecule has 0 aliphatic carbocycles. The van der Waals surface area contributed by atoms with Gasteiger partial charge in [0.15, 0.2) is 5.78 Å². The van der Waals surface area contributed by atoms with E-state index in [1.54, 1.807) is 0 Å². The molecule has 0 aliphatic heterocycles. The first-order valence-electron chi connectivity index (χ1n) is 2.28. The minimum atomic E-state index is -2.89. The topological polar surface area (TPSA) is 52.3 Å². The molecule has 3 nitrogen and oxygen atoms in total. The average molecular weight is 176 g/mol. The first-order valence-corrected chi connectivity index (χ1v) is 2.28. The van der Waals surface area contributed by atoms with Gasteiger partial charge in [-0.15, -0.1) is 12.4 Å². The van der Waals surface area contributed by atoms with Crippen LogP contribution < -0.4 is 5.73 Å². The van der Waals surface area contributed by atoms with Gasteiger partial charge >= 0.3 is 6.61 Å². The van der Waals surface area contributed by atoms with Crippen molar-refractivity contribution in [1.82, 2.24) is 0 Å². The van der Waals surface area contributed by atoms with Crippen molar-refractivity contribution in [2.45, 2.75) is 6.61 Å². The quantitative estimate of drug-likeness (QED) is 0.663. The van der Waals surface area contributed by atoms with Gasteiger partial charge in [-0.05, 0) is 0 Å². The van der Waals surface area contributed by atoms with Crippen LogP contribution in [0.1, 0.15) is 0 Å². The second-order valence-corrected chi connectivity index (χ2v) is 1.31. The highest BCUT2D eigenvalue weighted by Crippen LogP contribution is 1.92. The Kier molecular flexibility index (Phi) is 8.51. The van der Waals surface area contributed by atoms with E-state index in [4.69, 9.17) is 5.73 Å². The van der Waals surface area contributed by atoms with Gasteiger partial charge in [0.05, 0.1) is 6.54 Å². The third-order valence-corrected chi connectivity index (χ3v) is 0.598. The molecule has 0 heterocycles. The molecule has 0 saturated carbocycles. The lowest BCUT2D eigenvalue weighted by atomic mass is 10.4. The third kappa shape index (κ3) is 7.74. The van der Waals surface area contributed by atoms with Gasteiger partial charge in [0.1, 0.15) is 6.61 Å². The Labute approximate surface area is 62.9 Å². The van der Waals surface area contributed by atoms with Gasteiger partial charge in [0.25, 0.3) is 0 Å². The van der Waals surface area contributed by atoms with Crippen LogP contribution in [-0.4, -0.2) is 25.5 Å². The number of alkyl halides is 2. The van der Waals surface area contributed by atoms with Gasteiger partial charge < -0.3 is 10.5 Å². The lowest BCUT2D eigenvalue weighted by molar-refractivity contribution is -0.149. The Bertz CT molecular complexity index is 101. The van der Waals surface area contributed by atoms with E-state index in [1.807, 2.05) is 0 Å². The number of rotatable bonds is 4. The van der Waals surface area contributed by atoms with Gasteiger partial charge in [-0.1, -0.05) is 0 Å². The minimum absolute atomic E-state index is 0. The van der Waals surface area contributed by atoms with Crippen LogP contribution in [0.4, 0.5) is 8.78 Å². The van der Waals surface area contributed by atoms with E-state index in [0.717, 1.165) is 0 Å². The maximum absolute atomic E-state index is 11.1. The number of halogens is 3. The van der Waals surface area contributed by atoms with Crippen molar-refractivity contribution in [2.24, 2.45) is 5.73 Å². The fourth-order valence-corrected chi connectivity index (χ4v) is 0.215. The lowest BCUT2D eigenvalue weighted by Gasteiger charge is -1.97. The van der Waals surface area contributed by atoms with Gasteiger partial charge in [0, 0.05) is 0 Å². The molecule has 0 radical (unpaired) electrons. The van der Waals surface area contributed by atoms with Gasteiger partial charge in [-0.2, -0.15) is 8.78 Å². The summed E-state index contributed by atoms with van der Waals surface area (Å²) in [6, 6.07) is 0. The molecule has 2 N–H and O–H groups in total. The molecule has 0 fully saturated rings. The predicted octanol–water partition coefficient (Wildman–Crippen LogP) is 0.175. The van der Waals surface area contributed by atoms with Crippen LogP contribution in [-0.2, 0) is 9.53 Å². The number of carbonyl (C=O) groups excluding carboxylic acids is 1. The number of nitrogens with two attached hydrogens (primary N) is 1. The fraction of sp³-hybridized carbons (Fsp3) is 0.750. The van der Waals surface area contributed by atoms with Crippen molar-refractivity contribution in [2.75, 3.05) is 13.2 Å². The van der Waals surface area contributed by atoms with Crippen molar-refractivity contribution in [1.29, 1.82) is 0 Å². The average Bonchev–Trinajstić information content (AvgIpc) is 1.83. The molecular formula is C4H8ClF2NO2. The summed E-state index contributed by atoms with van der Waals surface area (Å²) >= 11 is 0. The fourth-order valence-electron chi connectivity index (χ4n) is 0.215. The van der Waals surface area contributed by atoms with E-state index in [9.17, 15) is 13.6 Å². The Hall–Kier alpha value is -0.260. The maximum Gasteiger partial charge on any atom is 0.345 e. The Morgan fingerprint density at radius 2 is 2.10 bits per heavy atom. The summed E-state index contributed by atoms with van der Waals surface area (Å²) in [5.74, 6) is -0.532. The molecule has 10 heavy (non-hydrogen) atoms. The second-order valence-electron chi connectivity index (χ2n) is 1.31. The smallest absolute Gasteiger partial charge is 0.324 e. The first-order chi connectivity index (χ1) is 4.16. The van der Waals surface area contributed by atoms with Crippen molar-refractivity contribution in [3.63, 3.8) is 0 Å². The summed E-state index contributed by atoms with van der Waals surface area (Å²) in [7, 11) is 0. The van der Waals surface area contributed by atoms with Crippen LogP contribution in [0.25, 0.3) is 0 Å². The summed E-state index contributed by atoms with van der Waals surface area (Å²) in [6.07, 6.45) is 0. The summed E-state index contributed by atoms with van der Waals surface area (Å²) in [4.78, 5) is 10.1. The number of carbonyl (C=O) groups is 1. The highest BCUT2D eigenvalue weighted by Gasteiger charge is 2.04. The highest BCUT2D eigenvalue weighted by atomic mass is 35.5. The van der Waals surface area contributed by atoms with E-state index in [-0.39, 0.29) is 19.0 Å². The molecule has 0 aliphatic rings. The van der Waals surface area contributed by atoms with Crippen molar-refractivity contribution in [3.05, 3.63) is 0 Å². The number of ether oxygens (including phenoxy) is 1. The van der Waals surface area contributed by atoms with Crippen LogP contribution >= 0.6 is 12.4 Å². The molecule has 0 spiro atoms. The van der Waals surface area contributed by atoms with Crippen LogP contribution in [0, 0.1) is 0 Å². The van der Waals surface area contributed by atoms with Crippen LogP contribution in [0.3, 0.4) is 0 Å². The van der Waals surface area contributed by atoms with Crippen molar-refractivity contribution >= 4 is 18.2 Å². The highest BCUT2D eigenvalue weighted by molar-refractivity contribution is 5.85. The first kappa shape index (κ1) is 12.4.